The minimum absolute atomic E-state index is 0.245. The van der Waals surface area contributed by atoms with Crippen molar-refractivity contribution in [1.29, 1.82) is 0 Å². The normalized spacial score (nSPS) is 12.4. The van der Waals surface area contributed by atoms with Gasteiger partial charge in [0.25, 0.3) is 0 Å². The summed E-state index contributed by atoms with van der Waals surface area (Å²) in [4.78, 5) is 11.6. The lowest BCUT2D eigenvalue weighted by Gasteiger charge is -2.25. The molecule has 0 aliphatic carbocycles. The molecular formula is C11H12ClN3S. The molecule has 5 heteroatoms. The van der Waals surface area contributed by atoms with Gasteiger partial charge in [-0.05, 0) is 18.4 Å². The van der Waals surface area contributed by atoms with Gasteiger partial charge >= 0.3 is 0 Å². The Hall–Kier alpha value is -1.13. The fourth-order valence-electron chi connectivity index (χ4n) is 1.45. The van der Waals surface area contributed by atoms with Gasteiger partial charge in [-0.3, -0.25) is 0 Å². The topological polar surface area (TPSA) is 29.0 Å². The first-order chi connectivity index (χ1) is 7.70. The van der Waals surface area contributed by atoms with Gasteiger partial charge in [-0.25, -0.2) is 9.97 Å². The predicted molar refractivity (Wildman–Crippen MR) is 68.2 cm³/mol. The number of rotatable bonds is 3. The van der Waals surface area contributed by atoms with Crippen LogP contribution in [0, 0.1) is 0 Å². The van der Waals surface area contributed by atoms with Gasteiger partial charge in [0.05, 0.1) is 6.04 Å². The number of nitrogens with zero attached hydrogens (tertiary/aromatic N) is 3. The molecule has 0 amide bonds. The van der Waals surface area contributed by atoms with Gasteiger partial charge in [0, 0.05) is 24.3 Å². The molecule has 0 fully saturated rings. The monoisotopic (exact) mass is 253 g/mol. The van der Waals surface area contributed by atoms with E-state index in [0.717, 1.165) is 0 Å². The summed E-state index contributed by atoms with van der Waals surface area (Å²) in [6.07, 6.45) is 3.24. The number of thiophene rings is 1. The highest BCUT2D eigenvalue weighted by Crippen LogP contribution is 2.29. The van der Waals surface area contributed by atoms with E-state index in [1.165, 1.54) is 4.88 Å². The van der Waals surface area contributed by atoms with Crippen molar-refractivity contribution in [1.82, 2.24) is 9.97 Å². The van der Waals surface area contributed by atoms with Crippen LogP contribution in [0.3, 0.4) is 0 Å². The Labute approximate surface area is 104 Å². The quantitative estimate of drug-likeness (QED) is 0.840. The summed E-state index contributed by atoms with van der Waals surface area (Å²) in [6.45, 7) is 2.12. The van der Waals surface area contributed by atoms with Crippen LogP contribution in [0.5, 0.6) is 0 Å². The van der Waals surface area contributed by atoms with E-state index in [1.54, 1.807) is 23.7 Å². The van der Waals surface area contributed by atoms with Crippen molar-refractivity contribution in [3.63, 3.8) is 0 Å². The van der Waals surface area contributed by atoms with Gasteiger partial charge in [0.2, 0.25) is 0 Å². The van der Waals surface area contributed by atoms with Crippen LogP contribution in [0.2, 0.25) is 5.15 Å². The molecule has 0 radical (unpaired) electrons. The lowest BCUT2D eigenvalue weighted by Crippen LogP contribution is -2.22. The summed E-state index contributed by atoms with van der Waals surface area (Å²) in [6, 6.07) is 4.40. The van der Waals surface area contributed by atoms with Crippen LogP contribution in [-0.4, -0.2) is 17.0 Å². The van der Waals surface area contributed by atoms with Gasteiger partial charge in [-0.1, -0.05) is 17.7 Å². The smallest absolute Gasteiger partial charge is 0.171 e. The van der Waals surface area contributed by atoms with Gasteiger partial charge in [0.1, 0.15) is 0 Å². The van der Waals surface area contributed by atoms with Crippen LogP contribution in [0.1, 0.15) is 17.8 Å². The molecule has 0 aromatic carbocycles. The molecule has 1 atom stereocenters. The molecule has 2 aromatic heterocycles. The Morgan fingerprint density at radius 2 is 2.12 bits per heavy atom. The molecule has 0 aliphatic heterocycles. The van der Waals surface area contributed by atoms with Crippen LogP contribution in [0.15, 0.2) is 29.9 Å². The van der Waals surface area contributed by atoms with E-state index in [1.807, 2.05) is 18.0 Å². The molecule has 2 aromatic rings. The molecular weight excluding hydrogens is 242 g/mol. The largest absolute Gasteiger partial charge is 0.350 e. The minimum Gasteiger partial charge on any atom is -0.350 e. The molecule has 2 rings (SSSR count). The molecule has 0 aliphatic rings. The minimum atomic E-state index is 0.245. The van der Waals surface area contributed by atoms with Gasteiger partial charge in [-0.15, -0.1) is 11.3 Å². The zero-order valence-corrected chi connectivity index (χ0v) is 10.7. The predicted octanol–water partition coefficient (Wildman–Crippen LogP) is 3.39. The van der Waals surface area contributed by atoms with Gasteiger partial charge in [0.15, 0.2) is 11.0 Å². The van der Waals surface area contributed by atoms with E-state index >= 15 is 0 Å². The molecule has 0 spiro atoms. The average molecular weight is 254 g/mol. The Morgan fingerprint density at radius 3 is 2.75 bits per heavy atom. The standard InChI is InChI=1S/C11H12ClN3S/c1-8(9-4-3-7-16-9)15(2)11-10(12)13-5-6-14-11/h3-8H,1-2H3. The van der Waals surface area contributed by atoms with Crippen molar-refractivity contribution in [3.05, 3.63) is 39.9 Å². The Kier molecular flexibility index (Phi) is 3.41. The number of halogens is 1. The molecule has 2 heterocycles. The third kappa shape index (κ3) is 2.18. The van der Waals surface area contributed by atoms with E-state index in [2.05, 4.69) is 28.3 Å². The van der Waals surface area contributed by atoms with Crippen molar-refractivity contribution in [2.24, 2.45) is 0 Å². The van der Waals surface area contributed by atoms with E-state index in [9.17, 15) is 0 Å². The van der Waals surface area contributed by atoms with E-state index in [-0.39, 0.29) is 6.04 Å². The van der Waals surface area contributed by atoms with Gasteiger partial charge in [-0.2, -0.15) is 0 Å². The molecule has 84 valence electrons. The first-order valence-electron chi connectivity index (χ1n) is 4.93. The summed E-state index contributed by atoms with van der Waals surface area (Å²) in [5.74, 6) is 0.713. The van der Waals surface area contributed by atoms with Crippen LogP contribution < -0.4 is 4.90 Å². The zero-order valence-electron chi connectivity index (χ0n) is 9.09. The van der Waals surface area contributed by atoms with Crippen molar-refractivity contribution in [3.8, 4) is 0 Å². The summed E-state index contributed by atoms with van der Waals surface area (Å²) in [5.41, 5.74) is 0. The van der Waals surface area contributed by atoms with Crippen LogP contribution in [0.25, 0.3) is 0 Å². The maximum atomic E-state index is 6.01. The zero-order chi connectivity index (χ0) is 11.5. The molecule has 0 saturated heterocycles. The van der Waals surface area contributed by atoms with Gasteiger partial charge < -0.3 is 4.90 Å². The summed E-state index contributed by atoms with van der Waals surface area (Å²) in [5, 5.41) is 2.51. The van der Waals surface area contributed by atoms with Crippen LogP contribution >= 0.6 is 22.9 Å². The first-order valence-corrected chi connectivity index (χ1v) is 6.18. The SMILES string of the molecule is CC(c1cccs1)N(C)c1nccnc1Cl. The maximum absolute atomic E-state index is 6.01. The Bertz CT molecular complexity index is 458. The third-order valence-corrected chi connectivity index (χ3v) is 3.82. The van der Waals surface area contributed by atoms with E-state index in [4.69, 9.17) is 11.6 Å². The van der Waals surface area contributed by atoms with Crippen molar-refractivity contribution in [2.45, 2.75) is 13.0 Å². The fourth-order valence-corrected chi connectivity index (χ4v) is 2.52. The van der Waals surface area contributed by atoms with Crippen molar-refractivity contribution >= 4 is 28.8 Å². The van der Waals surface area contributed by atoms with E-state index < -0.39 is 0 Å². The molecule has 0 saturated carbocycles. The maximum Gasteiger partial charge on any atom is 0.171 e. The van der Waals surface area contributed by atoms with Crippen molar-refractivity contribution < 1.29 is 0 Å². The van der Waals surface area contributed by atoms with Crippen LogP contribution in [0.4, 0.5) is 5.82 Å². The third-order valence-electron chi connectivity index (χ3n) is 2.51. The molecule has 0 bridgehead atoms. The second-order valence-corrected chi connectivity index (χ2v) is 4.81. The summed E-state index contributed by atoms with van der Waals surface area (Å²) in [7, 11) is 1.97. The number of hydrogen-bond donors (Lipinski definition) is 0. The first kappa shape index (κ1) is 11.4. The lowest BCUT2D eigenvalue weighted by atomic mass is 10.2. The summed E-state index contributed by atoms with van der Waals surface area (Å²) >= 11 is 7.74. The van der Waals surface area contributed by atoms with Crippen molar-refractivity contribution in [2.75, 3.05) is 11.9 Å². The highest BCUT2D eigenvalue weighted by Gasteiger charge is 2.16. The molecule has 0 N–H and O–H groups in total. The highest BCUT2D eigenvalue weighted by molar-refractivity contribution is 7.10. The number of anilines is 1. The Balaban J connectivity index is 2.26. The average Bonchev–Trinajstić information content (AvgIpc) is 2.81. The van der Waals surface area contributed by atoms with Crippen LogP contribution in [-0.2, 0) is 0 Å². The molecule has 3 nitrogen and oxygen atoms in total. The Morgan fingerprint density at radius 1 is 1.38 bits per heavy atom. The lowest BCUT2D eigenvalue weighted by molar-refractivity contribution is 0.739. The molecule has 1 unspecified atom stereocenters. The number of aromatic nitrogens is 2. The van der Waals surface area contributed by atoms with E-state index in [0.29, 0.717) is 11.0 Å². The highest BCUT2D eigenvalue weighted by atomic mass is 35.5. The molecule has 16 heavy (non-hydrogen) atoms. The second-order valence-electron chi connectivity index (χ2n) is 3.47. The summed E-state index contributed by atoms with van der Waals surface area (Å²) < 4.78 is 0. The second kappa shape index (κ2) is 4.80. The fraction of sp³-hybridized carbons (Fsp3) is 0.273. The number of hydrogen-bond acceptors (Lipinski definition) is 4.